The molecule has 3 nitrogen and oxygen atoms in total. The van der Waals surface area contributed by atoms with Crippen molar-refractivity contribution in [1.29, 1.82) is 5.26 Å². The zero-order valence-corrected chi connectivity index (χ0v) is 25.1. The van der Waals surface area contributed by atoms with Gasteiger partial charge >= 0.3 is 0 Å². The summed E-state index contributed by atoms with van der Waals surface area (Å²) in [4.78, 5) is 0. The first-order chi connectivity index (χ1) is 22.8. The Labute approximate surface area is 267 Å². The summed E-state index contributed by atoms with van der Waals surface area (Å²) in [6.45, 7) is 0. The highest BCUT2D eigenvalue weighted by Crippen LogP contribution is 2.40. The van der Waals surface area contributed by atoms with Crippen LogP contribution in [0.5, 0.6) is 0 Å². The minimum atomic E-state index is 0.188. The Bertz CT molecular complexity index is 2480. The van der Waals surface area contributed by atoms with Gasteiger partial charge in [-0.1, -0.05) is 115 Å². The zero-order valence-electron chi connectivity index (χ0n) is 25.1. The number of hydrogen-bond acceptors (Lipinski definition) is 1. The molecule has 0 fully saturated rings. The third-order valence-corrected chi connectivity index (χ3v) is 9.46. The summed E-state index contributed by atoms with van der Waals surface area (Å²) in [7, 11) is 0. The highest BCUT2D eigenvalue weighted by Gasteiger charge is 2.21. The Kier molecular flexibility index (Phi) is 6.01. The lowest BCUT2D eigenvalue weighted by Crippen LogP contribution is -2.08. The van der Waals surface area contributed by atoms with Gasteiger partial charge in [-0.2, -0.15) is 5.26 Å². The fourth-order valence-corrected chi connectivity index (χ4v) is 7.51. The number of hydrogen-bond donors (Lipinski definition) is 0. The highest BCUT2D eigenvalue weighted by molar-refractivity contribution is 6.10. The molecule has 0 N–H and O–H groups in total. The van der Waals surface area contributed by atoms with E-state index in [-0.39, 0.29) is 6.04 Å². The van der Waals surface area contributed by atoms with E-state index in [1.165, 1.54) is 38.2 Å². The summed E-state index contributed by atoms with van der Waals surface area (Å²) in [6, 6.07) is 51.9. The highest BCUT2D eigenvalue weighted by atomic mass is 15.0. The maximum atomic E-state index is 10.4. The van der Waals surface area contributed by atoms with Gasteiger partial charge in [-0.25, -0.2) is 0 Å². The Morgan fingerprint density at radius 3 is 1.74 bits per heavy atom. The third kappa shape index (κ3) is 3.98. The average molecular weight is 588 g/mol. The number of fused-ring (bicyclic) bond motifs is 6. The topological polar surface area (TPSA) is 33.6 Å². The summed E-state index contributed by atoms with van der Waals surface area (Å²) in [5.41, 5.74) is 10.7. The van der Waals surface area contributed by atoms with Crippen molar-refractivity contribution in [3.05, 3.63) is 169 Å². The van der Waals surface area contributed by atoms with Crippen molar-refractivity contribution < 1.29 is 0 Å². The van der Waals surface area contributed by atoms with Crippen LogP contribution in [0.1, 0.15) is 23.6 Å². The van der Waals surface area contributed by atoms with Crippen LogP contribution < -0.4 is 0 Å². The Morgan fingerprint density at radius 2 is 1.11 bits per heavy atom. The van der Waals surface area contributed by atoms with E-state index in [1.807, 2.05) is 12.1 Å². The van der Waals surface area contributed by atoms with Crippen molar-refractivity contribution >= 4 is 49.2 Å². The van der Waals surface area contributed by atoms with E-state index in [9.17, 15) is 5.26 Å². The molecule has 6 aromatic carbocycles. The number of allylic oxidation sites excluding steroid dienone is 4. The predicted octanol–water partition coefficient (Wildman–Crippen LogP) is 11.0. The quantitative estimate of drug-likeness (QED) is 0.202. The molecule has 3 heteroatoms. The number of rotatable bonds is 4. The van der Waals surface area contributed by atoms with Gasteiger partial charge < -0.3 is 9.13 Å². The molecule has 9 rings (SSSR count). The summed E-state index contributed by atoms with van der Waals surface area (Å²) in [5, 5.41) is 15.4. The lowest BCUT2D eigenvalue weighted by molar-refractivity contribution is 0.650. The van der Waals surface area contributed by atoms with Crippen LogP contribution in [0.2, 0.25) is 0 Å². The molecule has 2 heterocycles. The van der Waals surface area contributed by atoms with Crippen LogP contribution in [-0.2, 0) is 0 Å². The molecular formula is C43H29N3. The van der Waals surface area contributed by atoms with Crippen molar-refractivity contribution in [3.63, 3.8) is 0 Å². The molecule has 2 aromatic heterocycles. The van der Waals surface area contributed by atoms with Crippen LogP contribution in [0.4, 0.5) is 0 Å². The Morgan fingerprint density at radius 1 is 0.565 bits per heavy atom. The number of nitriles is 1. The van der Waals surface area contributed by atoms with E-state index in [0.717, 1.165) is 39.8 Å². The number of nitrogens with zero attached hydrogens (tertiary/aromatic N) is 3. The largest absolute Gasteiger partial charge is 0.333 e. The number of benzene rings is 6. The van der Waals surface area contributed by atoms with Gasteiger partial charge in [-0.3, -0.25) is 0 Å². The van der Waals surface area contributed by atoms with Crippen LogP contribution in [0.25, 0.3) is 66.0 Å². The molecule has 0 saturated carbocycles. The second-order valence-electron chi connectivity index (χ2n) is 12.0. The van der Waals surface area contributed by atoms with Crippen molar-refractivity contribution in [3.8, 4) is 22.9 Å². The van der Waals surface area contributed by atoms with Gasteiger partial charge in [0.2, 0.25) is 0 Å². The SMILES string of the molecule is N#Cc1cccc(-n2c3ccccc3c3ccccc32)c1-c1cccc(C2=CC(n3c4ccccc4c4ccccc43)CC=C2)c1. The number of aromatic nitrogens is 2. The molecule has 1 aliphatic rings. The summed E-state index contributed by atoms with van der Waals surface area (Å²) >= 11 is 0. The first kappa shape index (κ1) is 26.3. The van der Waals surface area contributed by atoms with Crippen LogP contribution >= 0.6 is 0 Å². The first-order valence-corrected chi connectivity index (χ1v) is 15.8. The molecule has 1 atom stereocenters. The third-order valence-electron chi connectivity index (χ3n) is 9.46. The summed E-state index contributed by atoms with van der Waals surface area (Å²) < 4.78 is 4.80. The maximum Gasteiger partial charge on any atom is 0.0998 e. The fraction of sp³-hybridized carbons (Fsp3) is 0.0465. The van der Waals surface area contributed by atoms with Crippen LogP contribution in [-0.4, -0.2) is 9.13 Å². The molecule has 0 bridgehead atoms. The van der Waals surface area contributed by atoms with Gasteiger partial charge in [0, 0.05) is 38.1 Å². The smallest absolute Gasteiger partial charge is 0.0998 e. The molecule has 0 saturated heterocycles. The van der Waals surface area contributed by atoms with Gasteiger partial charge in [0.15, 0.2) is 0 Å². The van der Waals surface area contributed by atoms with Crippen molar-refractivity contribution in [2.45, 2.75) is 12.5 Å². The van der Waals surface area contributed by atoms with E-state index in [0.29, 0.717) is 5.56 Å². The van der Waals surface area contributed by atoms with Crippen molar-refractivity contribution in [1.82, 2.24) is 9.13 Å². The van der Waals surface area contributed by atoms with Crippen molar-refractivity contribution in [2.24, 2.45) is 0 Å². The Balaban J connectivity index is 1.21. The second-order valence-corrected chi connectivity index (χ2v) is 12.0. The molecule has 216 valence electrons. The second kappa shape index (κ2) is 10.5. The minimum absolute atomic E-state index is 0.188. The predicted molar refractivity (Wildman–Crippen MR) is 191 cm³/mol. The standard InChI is InChI=1S/C43H29N3/c44-28-32-15-11-25-42(46-40-23-7-3-19-36(40)37-20-4-8-24-41(37)46)43(32)31-14-9-12-29(26-31)30-13-10-16-33(27-30)45-38-21-5-1-17-34(38)35-18-2-6-22-39(35)45/h1-15,17-27,33H,16H2. The molecule has 46 heavy (non-hydrogen) atoms. The maximum absolute atomic E-state index is 10.4. The summed E-state index contributed by atoms with van der Waals surface area (Å²) in [6.07, 6.45) is 7.87. The van der Waals surface area contributed by atoms with E-state index in [2.05, 4.69) is 161 Å². The first-order valence-electron chi connectivity index (χ1n) is 15.8. The lowest BCUT2D eigenvalue weighted by Gasteiger charge is -2.22. The fourth-order valence-electron chi connectivity index (χ4n) is 7.51. The van der Waals surface area contributed by atoms with Crippen LogP contribution in [0.15, 0.2) is 158 Å². The monoisotopic (exact) mass is 587 g/mol. The molecule has 0 aliphatic heterocycles. The van der Waals surface area contributed by atoms with Gasteiger partial charge in [0.25, 0.3) is 0 Å². The molecule has 1 aliphatic carbocycles. The van der Waals surface area contributed by atoms with Gasteiger partial charge in [0.1, 0.15) is 0 Å². The van der Waals surface area contributed by atoms with Gasteiger partial charge in [0.05, 0.1) is 34.4 Å². The number of para-hydroxylation sites is 4. The Hall–Kier alpha value is -6.11. The van der Waals surface area contributed by atoms with E-state index < -0.39 is 0 Å². The zero-order chi connectivity index (χ0) is 30.6. The molecule has 0 radical (unpaired) electrons. The minimum Gasteiger partial charge on any atom is -0.333 e. The molecule has 0 amide bonds. The molecule has 1 unspecified atom stereocenters. The van der Waals surface area contributed by atoms with Crippen LogP contribution in [0.3, 0.4) is 0 Å². The molecular weight excluding hydrogens is 558 g/mol. The van der Waals surface area contributed by atoms with Gasteiger partial charge in [-0.05, 0) is 65.6 Å². The average Bonchev–Trinajstić information content (AvgIpc) is 3.64. The van der Waals surface area contributed by atoms with Gasteiger partial charge in [-0.15, -0.1) is 0 Å². The normalized spacial score (nSPS) is 14.7. The molecule has 0 spiro atoms. The lowest BCUT2D eigenvalue weighted by atomic mass is 9.92. The van der Waals surface area contributed by atoms with Crippen molar-refractivity contribution in [2.75, 3.05) is 0 Å². The molecule has 8 aromatic rings. The van der Waals surface area contributed by atoms with E-state index in [1.54, 1.807) is 0 Å². The van der Waals surface area contributed by atoms with E-state index in [4.69, 9.17) is 0 Å². The summed E-state index contributed by atoms with van der Waals surface area (Å²) in [5.74, 6) is 0. The van der Waals surface area contributed by atoms with E-state index >= 15 is 0 Å². The van der Waals surface area contributed by atoms with Crippen LogP contribution in [0, 0.1) is 11.3 Å².